The van der Waals surface area contributed by atoms with Crippen LogP contribution in [0.4, 0.5) is 0 Å². The van der Waals surface area contributed by atoms with Gasteiger partial charge in [-0.1, -0.05) is 46.8 Å². The smallest absolute Gasteiger partial charge is 0.303 e. The minimum Gasteiger partial charge on any atom is -0.507 e. The van der Waals surface area contributed by atoms with Gasteiger partial charge in [-0.25, -0.2) is 0 Å². The molecule has 0 amide bonds. The molecule has 0 saturated carbocycles. The minimum atomic E-state index is -0.760. The molecule has 3 nitrogen and oxygen atoms in total. The Bertz CT molecular complexity index is 536. The van der Waals surface area contributed by atoms with E-state index in [2.05, 4.69) is 40.7 Å². The van der Waals surface area contributed by atoms with E-state index in [1.807, 2.05) is 13.0 Å². The molecule has 1 aromatic rings. The third kappa shape index (κ3) is 5.36. The van der Waals surface area contributed by atoms with Crippen molar-refractivity contribution in [2.45, 2.75) is 72.6 Å². The molecule has 0 unspecified atom stereocenters. The number of phenols is 1. The lowest BCUT2D eigenvalue weighted by Crippen LogP contribution is -2.25. The summed E-state index contributed by atoms with van der Waals surface area (Å²) in [4.78, 5) is 10.7. The van der Waals surface area contributed by atoms with Crippen molar-refractivity contribution in [3.8, 4) is 5.75 Å². The Balaban J connectivity index is 3.08. The average Bonchev–Trinajstić information content (AvgIpc) is 2.29. The van der Waals surface area contributed by atoms with Gasteiger partial charge in [0.25, 0.3) is 0 Å². The summed E-state index contributed by atoms with van der Waals surface area (Å²) in [6.07, 6.45) is 2.50. The largest absolute Gasteiger partial charge is 0.507 e. The van der Waals surface area contributed by atoms with Crippen LogP contribution in [0.1, 0.15) is 70.6 Å². The number of carboxylic acid groups (broad SMARTS) is 1. The van der Waals surface area contributed by atoms with Gasteiger partial charge in [-0.05, 0) is 48.1 Å². The fourth-order valence-corrected chi connectivity index (χ4v) is 3.38. The van der Waals surface area contributed by atoms with Gasteiger partial charge in [-0.15, -0.1) is 0 Å². The Morgan fingerprint density at radius 3 is 2.23 bits per heavy atom. The van der Waals surface area contributed by atoms with Gasteiger partial charge >= 0.3 is 5.97 Å². The molecule has 1 rings (SSSR count). The van der Waals surface area contributed by atoms with Crippen molar-refractivity contribution in [3.05, 3.63) is 28.8 Å². The van der Waals surface area contributed by atoms with Crippen LogP contribution in [0.15, 0.2) is 12.1 Å². The zero-order chi connectivity index (χ0) is 17.1. The molecule has 0 fully saturated rings. The molecule has 0 aliphatic carbocycles. The van der Waals surface area contributed by atoms with Crippen molar-refractivity contribution in [2.24, 2.45) is 5.41 Å². The molecule has 0 aromatic heterocycles. The third-order valence-electron chi connectivity index (χ3n) is 3.92. The quantitative estimate of drug-likeness (QED) is 0.792. The number of phenolic OH excluding ortho intramolecular Hbond substituents is 1. The first-order valence-corrected chi connectivity index (χ1v) is 7.97. The molecule has 0 aliphatic heterocycles. The van der Waals surface area contributed by atoms with Crippen molar-refractivity contribution in [3.63, 3.8) is 0 Å². The van der Waals surface area contributed by atoms with Crippen LogP contribution in [0.2, 0.25) is 0 Å². The highest BCUT2D eigenvalue weighted by molar-refractivity contribution is 5.66. The molecule has 0 heterocycles. The van der Waals surface area contributed by atoms with E-state index in [1.165, 1.54) is 0 Å². The summed E-state index contributed by atoms with van der Waals surface area (Å²) < 4.78 is 0. The standard InChI is InChI=1S/C19H30O3/c1-13-10-14(8-7-9-16(20)21)11-15(17(13)22)19(5,6)12-18(2,3)4/h10-11,22H,7-9,12H2,1-6H3,(H,20,21). The maximum absolute atomic E-state index is 10.7. The minimum absolute atomic E-state index is 0.129. The number of carbonyl (C=O) groups is 1. The van der Waals surface area contributed by atoms with Gasteiger partial charge in [0.15, 0.2) is 0 Å². The van der Waals surface area contributed by atoms with Crippen LogP contribution >= 0.6 is 0 Å². The molecule has 0 atom stereocenters. The van der Waals surface area contributed by atoms with Gasteiger partial charge < -0.3 is 10.2 Å². The summed E-state index contributed by atoms with van der Waals surface area (Å²) in [7, 11) is 0. The first-order valence-electron chi connectivity index (χ1n) is 7.97. The summed E-state index contributed by atoms with van der Waals surface area (Å²) in [5.41, 5.74) is 2.98. The van der Waals surface area contributed by atoms with Gasteiger partial charge in [-0.3, -0.25) is 4.79 Å². The lowest BCUT2D eigenvalue weighted by atomic mass is 9.71. The summed E-state index contributed by atoms with van der Waals surface area (Å²) >= 11 is 0. The molecule has 2 N–H and O–H groups in total. The molecule has 0 saturated heterocycles. The molecule has 1 aromatic carbocycles. The Labute approximate surface area is 134 Å². The Morgan fingerprint density at radius 1 is 1.14 bits per heavy atom. The van der Waals surface area contributed by atoms with Crippen LogP contribution in [0.3, 0.4) is 0 Å². The predicted molar refractivity (Wildman–Crippen MR) is 90.5 cm³/mol. The average molecular weight is 306 g/mol. The zero-order valence-corrected chi connectivity index (χ0v) is 14.8. The van der Waals surface area contributed by atoms with Crippen LogP contribution < -0.4 is 0 Å². The Morgan fingerprint density at radius 2 is 1.73 bits per heavy atom. The number of benzene rings is 1. The Hall–Kier alpha value is -1.51. The van der Waals surface area contributed by atoms with E-state index in [1.54, 1.807) is 0 Å². The summed E-state index contributed by atoms with van der Waals surface area (Å²) in [6, 6.07) is 4.02. The van der Waals surface area contributed by atoms with Gasteiger partial charge in [0.1, 0.15) is 5.75 Å². The lowest BCUT2D eigenvalue weighted by molar-refractivity contribution is -0.137. The number of aliphatic carboxylic acids is 1. The van der Waals surface area contributed by atoms with E-state index in [-0.39, 0.29) is 17.3 Å². The van der Waals surface area contributed by atoms with Crippen LogP contribution in [-0.4, -0.2) is 16.2 Å². The van der Waals surface area contributed by atoms with Crippen molar-refractivity contribution in [1.82, 2.24) is 0 Å². The molecule has 22 heavy (non-hydrogen) atoms. The fraction of sp³-hybridized carbons (Fsp3) is 0.632. The first-order chi connectivity index (χ1) is 9.92. The van der Waals surface area contributed by atoms with Crippen LogP contribution in [0.25, 0.3) is 0 Å². The van der Waals surface area contributed by atoms with E-state index in [0.717, 1.165) is 29.5 Å². The second-order valence-electron chi connectivity index (χ2n) is 8.18. The number of aromatic hydroxyl groups is 1. The van der Waals surface area contributed by atoms with Crippen LogP contribution in [0.5, 0.6) is 5.75 Å². The molecular weight excluding hydrogens is 276 g/mol. The van der Waals surface area contributed by atoms with Crippen molar-refractivity contribution in [1.29, 1.82) is 0 Å². The van der Waals surface area contributed by atoms with Crippen molar-refractivity contribution >= 4 is 5.97 Å². The molecular formula is C19H30O3. The molecule has 0 radical (unpaired) electrons. The van der Waals surface area contributed by atoms with Crippen molar-refractivity contribution in [2.75, 3.05) is 0 Å². The third-order valence-corrected chi connectivity index (χ3v) is 3.92. The molecule has 0 spiro atoms. The van der Waals surface area contributed by atoms with E-state index in [0.29, 0.717) is 12.2 Å². The van der Waals surface area contributed by atoms with E-state index in [4.69, 9.17) is 5.11 Å². The number of aryl methyl sites for hydroxylation is 2. The molecule has 0 bridgehead atoms. The topological polar surface area (TPSA) is 57.5 Å². The second-order valence-corrected chi connectivity index (χ2v) is 8.18. The van der Waals surface area contributed by atoms with Gasteiger partial charge in [-0.2, -0.15) is 0 Å². The van der Waals surface area contributed by atoms with Gasteiger partial charge in [0.05, 0.1) is 0 Å². The van der Waals surface area contributed by atoms with E-state index >= 15 is 0 Å². The monoisotopic (exact) mass is 306 g/mol. The normalized spacial score (nSPS) is 12.5. The highest BCUT2D eigenvalue weighted by Crippen LogP contribution is 2.41. The molecule has 3 heteroatoms. The lowest BCUT2D eigenvalue weighted by Gasteiger charge is -2.34. The summed E-state index contributed by atoms with van der Waals surface area (Å²) in [6.45, 7) is 12.8. The maximum Gasteiger partial charge on any atom is 0.303 e. The highest BCUT2D eigenvalue weighted by Gasteiger charge is 2.30. The maximum atomic E-state index is 10.7. The number of hydrogen-bond donors (Lipinski definition) is 2. The summed E-state index contributed by atoms with van der Waals surface area (Å²) in [5, 5.41) is 19.2. The fourth-order valence-electron chi connectivity index (χ4n) is 3.38. The second kappa shape index (κ2) is 6.72. The van der Waals surface area contributed by atoms with E-state index in [9.17, 15) is 9.90 Å². The van der Waals surface area contributed by atoms with Crippen LogP contribution in [-0.2, 0) is 16.6 Å². The predicted octanol–water partition coefficient (Wildman–Crippen LogP) is 4.82. The SMILES string of the molecule is Cc1cc(CCCC(=O)O)cc(C(C)(C)CC(C)(C)C)c1O. The summed E-state index contributed by atoms with van der Waals surface area (Å²) in [5.74, 6) is -0.389. The Kier molecular flexibility index (Phi) is 5.66. The first kappa shape index (κ1) is 18.5. The van der Waals surface area contributed by atoms with Gasteiger partial charge in [0, 0.05) is 12.0 Å². The van der Waals surface area contributed by atoms with Crippen molar-refractivity contribution < 1.29 is 15.0 Å². The molecule has 124 valence electrons. The molecule has 0 aliphatic rings. The highest BCUT2D eigenvalue weighted by atomic mass is 16.4. The van der Waals surface area contributed by atoms with Gasteiger partial charge in [0.2, 0.25) is 0 Å². The van der Waals surface area contributed by atoms with Crippen LogP contribution in [0, 0.1) is 12.3 Å². The number of hydrogen-bond acceptors (Lipinski definition) is 2. The zero-order valence-electron chi connectivity index (χ0n) is 14.8. The number of rotatable bonds is 6. The van der Waals surface area contributed by atoms with E-state index < -0.39 is 5.97 Å². The number of carboxylic acids is 1.